The van der Waals surface area contributed by atoms with Gasteiger partial charge in [-0.05, 0) is 67.1 Å². The number of hydrogen-bond donors (Lipinski definition) is 0. The molecule has 0 radical (unpaired) electrons. The molecule has 0 spiro atoms. The molecule has 0 fully saturated rings. The van der Waals surface area contributed by atoms with Crippen LogP contribution in [0.4, 0.5) is 0 Å². The average Bonchev–Trinajstić information content (AvgIpc) is 3.23. The first-order valence-corrected chi connectivity index (χ1v) is 10.3. The van der Waals surface area contributed by atoms with Gasteiger partial charge in [0, 0.05) is 28.6 Å². The fourth-order valence-electron chi connectivity index (χ4n) is 5.10. The second-order valence-electron chi connectivity index (χ2n) is 8.20. The molecular formula is C25H19NO4. The Hall–Kier alpha value is -3.47. The Kier molecular flexibility index (Phi) is 3.63. The summed E-state index contributed by atoms with van der Waals surface area (Å²) >= 11 is 0. The summed E-state index contributed by atoms with van der Waals surface area (Å²) in [5.41, 5.74) is 5.90. The lowest BCUT2D eigenvalue weighted by Gasteiger charge is -2.28. The topological polar surface area (TPSA) is 69.4 Å². The molecule has 5 heteroatoms. The van der Waals surface area contributed by atoms with Crippen molar-refractivity contribution in [3.8, 4) is 5.75 Å². The first kappa shape index (κ1) is 17.4. The fraction of sp³-hybridized carbons (Fsp3) is 0.240. The van der Waals surface area contributed by atoms with Crippen LogP contribution in [0.5, 0.6) is 5.75 Å². The Bertz CT molecular complexity index is 1430. The molecule has 1 atom stereocenters. The largest absolute Gasteiger partial charge is 0.425 e. The Balaban J connectivity index is 1.64. The lowest BCUT2D eigenvalue weighted by molar-refractivity contribution is -0.135. The molecule has 0 unspecified atom stereocenters. The van der Waals surface area contributed by atoms with Gasteiger partial charge in [0.15, 0.2) is 0 Å². The number of nitrogens with zero attached hydrogens (tertiary/aromatic N) is 1. The summed E-state index contributed by atoms with van der Waals surface area (Å²) in [5, 5.41) is 1.84. The van der Waals surface area contributed by atoms with E-state index in [1.807, 2.05) is 37.3 Å². The smallest absolute Gasteiger partial charge is 0.339 e. The van der Waals surface area contributed by atoms with Crippen molar-refractivity contribution >= 4 is 27.8 Å². The number of aryl methyl sites for hydroxylation is 2. The summed E-state index contributed by atoms with van der Waals surface area (Å²) in [6, 6.07) is 12.0. The Labute approximate surface area is 172 Å². The number of carbonyl (C=O) groups excluding carboxylic acids is 1. The van der Waals surface area contributed by atoms with Crippen LogP contribution in [-0.2, 0) is 17.6 Å². The van der Waals surface area contributed by atoms with Crippen LogP contribution in [0.25, 0.3) is 21.9 Å². The van der Waals surface area contributed by atoms with Gasteiger partial charge in [0.1, 0.15) is 11.3 Å². The van der Waals surface area contributed by atoms with E-state index in [-0.39, 0.29) is 23.9 Å². The molecule has 2 aromatic carbocycles. The van der Waals surface area contributed by atoms with Gasteiger partial charge < -0.3 is 9.15 Å². The molecule has 5 nitrogen and oxygen atoms in total. The molecule has 2 aliphatic rings. The zero-order valence-corrected chi connectivity index (χ0v) is 16.5. The summed E-state index contributed by atoms with van der Waals surface area (Å²) in [4.78, 5) is 29.5. The highest BCUT2D eigenvalue weighted by Gasteiger charge is 2.34. The number of rotatable bonds is 1. The van der Waals surface area contributed by atoms with Crippen molar-refractivity contribution in [3.63, 3.8) is 0 Å². The van der Waals surface area contributed by atoms with E-state index in [4.69, 9.17) is 9.15 Å². The third kappa shape index (κ3) is 2.45. The highest BCUT2D eigenvalue weighted by Crippen LogP contribution is 2.47. The van der Waals surface area contributed by atoms with E-state index in [1.165, 1.54) is 0 Å². The predicted octanol–water partition coefficient (Wildman–Crippen LogP) is 4.58. The number of benzene rings is 2. The maximum Gasteiger partial charge on any atom is 0.339 e. The number of esters is 1. The third-order valence-corrected chi connectivity index (χ3v) is 6.42. The van der Waals surface area contributed by atoms with Crippen molar-refractivity contribution in [1.82, 2.24) is 4.98 Å². The summed E-state index contributed by atoms with van der Waals surface area (Å²) in [5.74, 6) is 0.197. The van der Waals surface area contributed by atoms with Gasteiger partial charge >= 0.3 is 11.6 Å². The van der Waals surface area contributed by atoms with Gasteiger partial charge in [-0.2, -0.15) is 0 Å². The zero-order chi connectivity index (χ0) is 20.4. The van der Waals surface area contributed by atoms with Crippen LogP contribution in [0.3, 0.4) is 0 Å². The fourth-order valence-corrected chi connectivity index (χ4v) is 5.10. The van der Waals surface area contributed by atoms with Crippen molar-refractivity contribution in [2.24, 2.45) is 0 Å². The average molecular weight is 397 g/mol. The number of ether oxygens (including phenoxy) is 1. The Morgan fingerprint density at radius 3 is 2.83 bits per heavy atom. The van der Waals surface area contributed by atoms with E-state index in [1.54, 1.807) is 6.20 Å². The summed E-state index contributed by atoms with van der Waals surface area (Å²) < 4.78 is 11.4. The van der Waals surface area contributed by atoms with E-state index in [2.05, 4.69) is 11.1 Å². The lowest BCUT2D eigenvalue weighted by atomic mass is 9.82. The number of carbonyl (C=O) groups is 1. The quantitative estimate of drug-likeness (QED) is 0.267. The molecule has 3 heterocycles. The van der Waals surface area contributed by atoms with Gasteiger partial charge in [-0.1, -0.05) is 12.1 Å². The number of hydrogen-bond acceptors (Lipinski definition) is 5. The lowest BCUT2D eigenvalue weighted by Crippen LogP contribution is -2.23. The molecule has 30 heavy (non-hydrogen) atoms. The number of aromatic nitrogens is 1. The molecule has 0 saturated heterocycles. The van der Waals surface area contributed by atoms with Crippen molar-refractivity contribution < 1.29 is 13.9 Å². The van der Waals surface area contributed by atoms with Gasteiger partial charge in [0.25, 0.3) is 0 Å². The molecule has 1 aliphatic heterocycles. The second kappa shape index (κ2) is 6.26. The van der Waals surface area contributed by atoms with E-state index in [0.717, 1.165) is 56.9 Å². The second-order valence-corrected chi connectivity index (χ2v) is 8.20. The molecule has 148 valence electrons. The molecule has 6 rings (SSSR count). The first-order valence-electron chi connectivity index (χ1n) is 10.3. The molecule has 4 aromatic rings. The van der Waals surface area contributed by atoms with Crippen LogP contribution in [0.15, 0.2) is 51.8 Å². The SMILES string of the molecule is Cc1cc2oc(=O)c3c(c2c2c1[C@@H](c1ccc4ncccc4c1)CC(=O)O2)CCC3. The van der Waals surface area contributed by atoms with E-state index < -0.39 is 0 Å². The van der Waals surface area contributed by atoms with Gasteiger partial charge in [-0.3, -0.25) is 9.78 Å². The molecule has 0 saturated carbocycles. The van der Waals surface area contributed by atoms with Crippen LogP contribution in [0.2, 0.25) is 0 Å². The molecule has 0 N–H and O–H groups in total. The van der Waals surface area contributed by atoms with Gasteiger partial charge in [0.05, 0.1) is 17.3 Å². The highest BCUT2D eigenvalue weighted by atomic mass is 16.5. The summed E-state index contributed by atoms with van der Waals surface area (Å²) in [7, 11) is 0. The van der Waals surface area contributed by atoms with Crippen LogP contribution in [0, 0.1) is 6.92 Å². The molecular weight excluding hydrogens is 378 g/mol. The van der Waals surface area contributed by atoms with Gasteiger partial charge in [-0.25, -0.2) is 4.79 Å². The first-order chi connectivity index (χ1) is 14.6. The summed E-state index contributed by atoms with van der Waals surface area (Å²) in [6.07, 6.45) is 4.49. The van der Waals surface area contributed by atoms with Crippen LogP contribution in [-0.4, -0.2) is 11.0 Å². The standard InChI is InChI=1S/C25H19NO4/c1-13-10-20-23(16-5-2-6-17(16)25(28)29-20)24-22(13)18(12-21(27)30-24)14-7-8-19-15(11-14)4-3-9-26-19/h3-4,7-11,18H,2,5-6,12H2,1H3/t18-/m1/s1. The molecule has 1 aliphatic carbocycles. The van der Waals surface area contributed by atoms with Crippen molar-refractivity contribution in [3.05, 3.63) is 80.8 Å². The third-order valence-electron chi connectivity index (χ3n) is 6.42. The molecule has 0 amide bonds. The van der Waals surface area contributed by atoms with Crippen molar-refractivity contribution in [2.75, 3.05) is 0 Å². The minimum atomic E-state index is -0.268. The van der Waals surface area contributed by atoms with E-state index in [0.29, 0.717) is 17.8 Å². The highest BCUT2D eigenvalue weighted by molar-refractivity contribution is 5.95. The van der Waals surface area contributed by atoms with Gasteiger partial charge in [-0.15, -0.1) is 0 Å². The van der Waals surface area contributed by atoms with Crippen LogP contribution in [0.1, 0.15) is 46.6 Å². The summed E-state index contributed by atoms with van der Waals surface area (Å²) in [6.45, 7) is 1.99. The predicted molar refractivity (Wildman–Crippen MR) is 113 cm³/mol. The number of fused-ring (bicyclic) bond motifs is 6. The Morgan fingerprint density at radius 2 is 1.93 bits per heavy atom. The minimum Gasteiger partial charge on any atom is -0.425 e. The van der Waals surface area contributed by atoms with E-state index in [9.17, 15) is 9.59 Å². The van der Waals surface area contributed by atoms with Crippen molar-refractivity contribution in [1.29, 1.82) is 0 Å². The van der Waals surface area contributed by atoms with E-state index >= 15 is 0 Å². The maximum absolute atomic E-state index is 12.7. The van der Waals surface area contributed by atoms with Crippen molar-refractivity contribution in [2.45, 2.75) is 38.5 Å². The van der Waals surface area contributed by atoms with Gasteiger partial charge in [0.2, 0.25) is 0 Å². The minimum absolute atomic E-state index is 0.112. The Morgan fingerprint density at radius 1 is 1.07 bits per heavy atom. The zero-order valence-electron chi connectivity index (χ0n) is 16.5. The van der Waals surface area contributed by atoms with Crippen LogP contribution < -0.4 is 10.4 Å². The molecule has 0 bridgehead atoms. The number of pyridine rings is 1. The van der Waals surface area contributed by atoms with Crippen LogP contribution >= 0.6 is 0 Å². The molecule has 2 aromatic heterocycles. The maximum atomic E-state index is 12.7. The normalized spacial score (nSPS) is 17.8. The monoisotopic (exact) mass is 397 g/mol.